The molecule has 0 fully saturated rings. The summed E-state index contributed by atoms with van der Waals surface area (Å²) in [5.74, 6) is 1.90. The van der Waals surface area contributed by atoms with Crippen molar-refractivity contribution in [3.05, 3.63) is 42.5 Å². The van der Waals surface area contributed by atoms with E-state index in [1.54, 1.807) is 14.2 Å². The lowest BCUT2D eigenvalue weighted by molar-refractivity contribution is -0.121. The molecule has 2 aromatic carbocycles. The molecule has 0 atom stereocenters. The molecular formula is C22H27N3O4. The zero-order chi connectivity index (χ0) is 20.6. The number of fused-ring (bicyclic) bond motifs is 1. The fraction of sp³-hybridized carbons (Fsp3) is 0.364. The van der Waals surface area contributed by atoms with Gasteiger partial charge in [-0.15, -0.1) is 0 Å². The predicted molar refractivity (Wildman–Crippen MR) is 112 cm³/mol. The molecule has 7 nitrogen and oxygen atoms in total. The van der Waals surface area contributed by atoms with Crippen LogP contribution >= 0.6 is 0 Å². The molecule has 1 amide bonds. The number of imidazole rings is 1. The van der Waals surface area contributed by atoms with Gasteiger partial charge in [-0.1, -0.05) is 12.1 Å². The summed E-state index contributed by atoms with van der Waals surface area (Å²) in [4.78, 5) is 17.3. The molecule has 0 spiro atoms. The molecule has 3 aromatic rings. The first-order valence-corrected chi connectivity index (χ1v) is 9.70. The number of carbonyl (C=O) groups excluding carboxylic acids is 1. The number of methoxy groups -OCH3 is 2. The molecule has 1 heterocycles. The first-order chi connectivity index (χ1) is 14.2. The van der Waals surface area contributed by atoms with Crippen LogP contribution in [0.2, 0.25) is 0 Å². The van der Waals surface area contributed by atoms with Gasteiger partial charge in [0.15, 0.2) is 11.5 Å². The van der Waals surface area contributed by atoms with Gasteiger partial charge in [-0.2, -0.15) is 0 Å². The topological polar surface area (TPSA) is 74.6 Å². The smallest absolute Gasteiger partial charge is 0.240 e. The summed E-state index contributed by atoms with van der Waals surface area (Å²) in [5.41, 5.74) is 2.59. The van der Waals surface area contributed by atoms with Gasteiger partial charge in [0.2, 0.25) is 5.91 Å². The predicted octanol–water partition coefficient (Wildman–Crippen LogP) is 3.26. The fourth-order valence-electron chi connectivity index (χ4n) is 3.18. The van der Waals surface area contributed by atoms with Gasteiger partial charge in [0.05, 0.1) is 25.3 Å². The molecule has 0 aliphatic carbocycles. The molecule has 0 aliphatic heterocycles. The summed E-state index contributed by atoms with van der Waals surface area (Å²) in [5, 5.41) is 2.95. The van der Waals surface area contributed by atoms with Gasteiger partial charge in [-0.25, -0.2) is 4.98 Å². The van der Waals surface area contributed by atoms with Crippen molar-refractivity contribution in [1.82, 2.24) is 14.9 Å². The van der Waals surface area contributed by atoms with E-state index in [-0.39, 0.29) is 12.5 Å². The molecular weight excluding hydrogens is 370 g/mol. The zero-order valence-corrected chi connectivity index (χ0v) is 17.1. The quantitative estimate of drug-likeness (QED) is 0.532. The molecule has 1 aromatic heterocycles. The summed E-state index contributed by atoms with van der Waals surface area (Å²) >= 11 is 0. The van der Waals surface area contributed by atoms with Crippen LogP contribution in [0.3, 0.4) is 0 Å². The Kier molecular flexibility index (Phi) is 7.08. The Morgan fingerprint density at radius 1 is 1.10 bits per heavy atom. The summed E-state index contributed by atoms with van der Waals surface area (Å²) in [7, 11) is 3.20. The van der Waals surface area contributed by atoms with Crippen molar-refractivity contribution in [1.29, 1.82) is 0 Å². The minimum absolute atomic E-state index is 0.0635. The Balaban J connectivity index is 1.88. The van der Waals surface area contributed by atoms with Gasteiger partial charge in [-0.3, -0.25) is 4.79 Å². The highest BCUT2D eigenvalue weighted by Crippen LogP contribution is 2.33. The van der Waals surface area contributed by atoms with Crippen LogP contribution in [0.15, 0.2) is 42.5 Å². The van der Waals surface area contributed by atoms with Crippen LogP contribution in [0.1, 0.15) is 13.3 Å². The van der Waals surface area contributed by atoms with Crippen molar-refractivity contribution in [2.75, 3.05) is 34.0 Å². The first-order valence-electron chi connectivity index (χ1n) is 9.70. The van der Waals surface area contributed by atoms with Gasteiger partial charge >= 0.3 is 0 Å². The van der Waals surface area contributed by atoms with Gasteiger partial charge in [0, 0.05) is 25.3 Å². The third-order valence-electron chi connectivity index (χ3n) is 4.59. The Hall–Kier alpha value is -3.06. The number of nitrogens with one attached hydrogen (secondary N) is 1. The van der Waals surface area contributed by atoms with Crippen LogP contribution in [0, 0.1) is 0 Å². The lowest BCUT2D eigenvalue weighted by Gasteiger charge is -2.12. The highest BCUT2D eigenvalue weighted by molar-refractivity contribution is 5.84. The monoisotopic (exact) mass is 397 g/mol. The van der Waals surface area contributed by atoms with Crippen LogP contribution in [0.4, 0.5) is 0 Å². The molecule has 0 aliphatic rings. The van der Waals surface area contributed by atoms with Crippen LogP contribution in [-0.4, -0.2) is 49.4 Å². The lowest BCUT2D eigenvalue weighted by atomic mass is 10.2. The Morgan fingerprint density at radius 3 is 2.66 bits per heavy atom. The van der Waals surface area contributed by atoms with E-state index in [1.165, 1.54) is 0 Å². The van der Waals surface area contributed by atoms with Crippen molar-refractivity contribution >= 4 is 16.9 Å². The zero-order valence-electron chi connectivity index (χ0n) is 17.1. The number of hydrogen-bond acceptors (Lipinski definition) is 5. The van der Waals surface area contributed by atoms with Crippen LogP contribution in [0.25, 0.3) is 22.4 Å². The molecule has 3 rings (SSSR count). The molecule has 0 radical (unpaired) electrons. The molecule has 1 N–H and O–H groups in total. The number of hydrogen-bond donors (Lipinski definition) is 1. The minimum Gasteiger partial charge on any atom is -0.493 e. The minimum atomic E-state index is -0.0635. The van der Waals surface area contributed by atoms with E-state index in [2.05, 4.69) is 5.32 Å². The van der Waals surface area contributed by atoms with Gasteiger partial charge < -0.3 is 24.1 Å². The van der Waals surface area contributed by atoms with E-state index >= 15 is 0 Å². The largest absolute Gasteiger partial charge is 0.493 e. The van der Waals surface area contributed by atoms with Crippen molar-refractivity contribution in [2.24, 2.45) is 0 Å². The van der Waals surface area contributed by atoms with Gasteiger partial charge in [0.25, 0.3) is 0 Å². The molecule has 29 heavy (non-hydrogen) atoms. The number of amides is 1. The maximum atomic E-state index is 12.5. The molecule has 0 bridgehead atoms. The van der Waals surface area contributed by atoms with Crippen molar-refractivity contribution in [3.8, 4) is 22.9 Å². The van der Waals surface area contributed by atoms with E-state index < -0.39 is 0 Å². The maximum absolute atomic E-state index is 12.5. The van der Waals surface area contributed by atoms with E-state index in [1.807, 2.05) is 54.0 Å². The van der Waals surface area contributed by atoms with Gasteiger partial charge in [-0.05, 0) is 43.7 Å². The molecule has 0 saturated heterocycles. The Morgan fingerprint density at radius 2 is 1.90 bits per heavy atom. The summed E-state index contributed by atoms with van der Waals surface area (Å²) < 4.78 is 18.0. The van der Waals surface area contributed by atoms with Gasteiger partial charge in [0.1, 0.15) is 12.4 Å². The van der Waals surface area contributed by atoms with Crippen molar-refractivity contribution in [2.45, 2.75) is 19.9 Å². The summed E-state index contributed by atoms with van der Waals surface area (Å²) in [6.07, 6.45) is 0.785. The molecule has 0 saturated carbocycles. The van der Waals surface area contributed by atoms with Crippen LogP contribution < -0.4 is 14.8 Å². The normalized spacial score (nSPS) is 10.9. The number of ether oxygens (including phenoxy) is 3. The highest BCUT2D eigenvalue weighted by atomic mass is 16.5. The third kappa shape index (κ3) is 4.86. The Labute approximate surface area is 170 Å². The van der Waals surface area contributed by atoms with Crippen molar-refractivity contribution < 1.29 is 19.0 Å². The second-order valence-electron chi connectivity index (χ2n) is 6.48. The number of rotatable bonds is 10. The number of benzene rings is 2. The van der Waals surface area contributed by atoms with E-state index in [9.17, 15) is 4.79 Å². The number of nitrogens with zero attached hydrogens (tertiary/aromatic N) is 2. The molecule has 154 valence electrons. The number of aromatic nitrogens is 2. The SMILES string of the molecule is CCOCCCNC(=O)Cn1c(-c2ccc(OC)c(OC)c2)nc2ccccc21. The average Bonchev–Trinajstić information content (AvgIpc) is 3.11. The van der Waals surface area contributed by atoms with Crippen molar-refractivity contribution in [3.63, 3.8) is 0 Å². The lowest BCUT2D eigenvalue weighted by Crippen LogP contribution is -2.29. The average molecular weight is 397 g/mol. The fourth-order valence-corrected chi connectivity index (χ4v) is 3.18. The standard InChI is InChI=1S/C22H27N3O4/c1-4-29-13-7-12-23-21(26)15-25-18-9-6-5-8-17(18)24-22(25)16-10-11-19(27-2)20(14-16)28-3/h5-6,8-11,14H,4,7,12-13,15H2,1-3H3,(H,23,26). The van der Waals surface area contributed by atoms with Crippen LogP contribution in [-0.2, 0) is 16.1 Å². The summed E-state index contributed by atoms with van der Waals surface area (Å²) in [6.45, 7) is 4.04. The Bertz CT molecular complexity index is 968. The van der Waals surface area contributed by atoms with E-state index in [4.69, 9.17) is 19.2 Å². The number of para-hydroxylation sites is 2. The maximum Gasteiger partial charge on any atom is 0.240 e. The molecule has 0 unspecified atom stereocenters. The van der Waals surface area contributed by atoms with E-state index in [0.29, 0.717) is 37.1 Å². The number of carbonyl (C=O) groups is 1. The first kappa shape index (κ1) is 20.7. The van der Waals surface area contributed by atoms with Crippen LogP contribution in [0.5, 0.6) is 11.5 Å². The third-order valence-corrected chi connectivity index (χ3v) is 4.59. The highest BCUT2D eigenvalue weighted by Gasteiger charge is 2.16. The van der Waals surface area contributed by atoms with E-state index in [0.717, 1.165) is 23.0 Å². The summed E-state index contributed by atoms with van der Waals surface area (Å²) in [6, 6.07) is 13.4. The second kappa shape index (κ2) is 9.93. The molecule has 7 heteroatoms. The second-order valence-corrected chi connectivity index (χ2v) is 6.48.